The smallest absolute Gasteiger partial charge is 0.420 e. The lowest BCUT2D eigenvalue weighted by Crippen LogP contribution is -2.22. The normalized spacial score (nSPS) is 25.5. The minimum atomic E-state index is -5.31. The second-order valence-corrected chi connectivity index (χ2v) is 10.4. The molecular weight excluding hydrogens is 530 g/mol. The molecule has 218 valence electrons. The summed E-state index contributed by atoms with van der Waals surface area (Å²) in [6.07, 6.45) is -3.80. The lowest BCUT2D eigenvalue weighted by Gasteiger charge is -2.20. The Morgan fingerprint density at radius 3 is 2.49 bits per heavy atom. The van der Waals surface area contributed by atoms with Crippen LogP contribution in [0.2, 0.25) is 0 Å². The third kappa shape index (κ3) is 8.48. The van der Waals surface area contributed by atoms with Gasteiger partial charge in [0.15, 0.2) is 0 Å². The lowest BCUT2D eigenvalue weighted by atomic mass is 9.90. The summed E-state index contributed by atoms with van der Waals surface area (Å²) in [5.74, 6) is -1.16. The summed E-state index contributed by atoms with van der Waals surface area (Å²) in [6, 6.07) is 1.92. The molecule has 5 nitrogen and oxygen atoms in total. The van der Waals surface area contributed by atoms with Crippen molar-refractivity contribution >= 4 is 5.97 Å². The molecule has 2 aliphatic carbocycles. The fraction of sp³-hybridized carbons (Fsp3) is 0.607. The van der Waals surface area contributed by atoms with Gasteiger partial charge in [-0.05, 0) is 69.9 Å². The van der Waals surface area contributed by atoms with Crippen molar-refractivity contribution in [2.45, 2.75) is 83.0 Å². The number of hydrogen-bond donors (Lipinski definition) is 2. The van der Waals surface area contributed by atoms with Gasteiger partial charge in [-0.2, -0.15) is 26.3 Å². The van der Waals surface area contributed by atoms with Crippen LogP contribution in [0, 0.1) is 17.8 Å². The van der Waals surface area contributed by atoms with E-state index >= 15 is 0 Å². The maximum absolute atomic E-state index is 13.4. The molecule has 0 aliphatic heterocycles. The van der Waals surface area contributed by atoms with Crippen molar-refractivity contribution in [3.63, 3.8) is 0 Å². The Hall–Kier alpha value is -2.53. The fourth-order valence-corrected chi connectivity index (χ4v) is 5.48. The molecule has 0 unspecified atom stereocenters. The van der Waals surface area contributed by atoms with E-state index in [2.05, 4.69) is 6.08 Å². The molecule has 0 aromatic heterocycles. The van der Waals surface area contributed by atoms with Crippen molar-refractivity contribution in [2.24, 2.45) is 17.8 Å². The standard InChI is InChI=1S/C28H34F6O5/c1-16(2)39-25(37)9-4-3-6-17-12-18-14-23(36)20(21(18)13-17)11-10-19(35)15-38-24-8-5-7-22(27(29,30)31)26(24)28(32,33)34/h5-8,10-11,16,18-21,23,35-36H,3-4,9,12-15H2,1-2H3/b11-10+,17-6-/t18-,19+,20+,21-,23+/m0/s1. The zero-order valence-corrected chi connectivity index (χ0v) is 21.8. The molecule has 2 N–H and O–H groups in total. The Labute approximate surface area is 223 Å². The first-order chi connectivity index (χ1) is 18.2. The van der Waals surface area contributed by atoms with Crippen LogP contribution in [0.25, 0.3) is 0 Å². The molecule has 0 radical (unpaired) electrons. The molecular formula is C28H34F6O5. The van der Waals surface area contributed by atoms with E-state index in [1.807, 2.05) is 0 Å². The van der Waals surface area contributed by atoms with E-state index in [1.165, 1.54) is 11.6 Å². The molecule has 0 amide bonds. The zero-order valence-electron chi connectivity index (χ0n) is 21.8. The number of hydrogen-bond acceptors (Lipinski definition) is 5. The summed E-state index contributed by atoms with van der Waals surface area (Å²) < 4.78 is 89.6. The molecule has 0 bridgehead atoms. The van der Waals surface area contributed by atoms with Gasteiger partial charge in [-0.25, -0.2) is 0 Å². The van der Waals surface area contributed by atoms with E-state index in [0.717, 1.165) is 31.4 Å². The number of unbranched alkanes of at least 4 members (excludes halogenated alkanes) is 1. The van der Waals surface area contributed by atoms with Crippen molar-refractivity contribution < 1.29 is 50.8 Å². The number of rotatable bonds is 10. The Balaban J connectivity index is 1.57. The first kappa shape index (κ1) is 31.0. The van der Waals surface area contributed by atoms with Crippen molar-refractivity contribution in [1.29, 1.82) is 0 Å². The van der Waals surface area contributed by atoms with Gasteiger partial charge in [0.1, 0.15) is 24.0 Å². The molecule has 1 aromatic rings. The molecule has 1 aromatic carbocycles. The van der Waals surface area contributed by atoms with Gasteiger partial charge in [-0.15, -0.1) is 0 Å². The number of alkyl halides is 6. The Bertz CT molecular complexity index is 1050. The Morgan fingerprint density at radius 1 is 1.13 bits per heavy atom. The lowest BCUT2D eigenvalue weighted by molar-refractivity contribution is -0.163. The summed E-state index contributed by atoms with van der Waals surface area (Å²) in [7, 11) is 0. The Kier molecular flexibility index (Phi) is 10.1. The molecule has 0 heterocycles. The molecule has 2 fully saturated rings. The maximum atomic E-state index is 13.4. The quantitative estimate of drug-likeness (QED) is 0.147. The van der Waals surface area contributed by atoms with Crippen molar-refractivity contribution in [3.8, 4) is 5.75 Å². The predicted molar refractivity (Wildman–Crippen MR) is 131 cm³/mol. The van der Waals surface area contributed by atoms with E-state index in [-0.39, 0.29) is 29.8 Å². The highest BCUT2D eigenvalue weighted by Crippen LogP contribution is 2.50. The molecule has 3 rings (SSSR count). The maximum Gasteiger partial charge on any atom is 0.420 e. The van der Waals surface area contributed by atoms with E-state index in [9.17, 15) is 41.4 Å². The van der Waals surface area contributed by atoms with Crippen LogP contribution in [0.3, 0.4) is 0 Å². The molecule has 39 heavy (non-hydrogen) atoms. The van der Waals surface area contributed by atoms with Crippen LogP contribution in [0.1, 0.15) is 63.5 Å². The highest BCUT2D eigenvalue weighted by Gasteiger charge is 2.46. The number of benzene rings is 1. The number of aliphatic hydroxyl groups excluding tert-OH is 2. The van der Waals surface area contributed by atoms with Crippen molar-refractivity contribution in [2.75, 3.05) is 6.61 Å². The molecule has 2 saturated carbocycles. The minimum absolute atomic E-state index is 0.127. The molecule has 11 heteroatoms. The average Bonchev–Trinajstić information content (AvgIpc) is 3.33. The number of carbonyl (C=O) groups excluding carboxylic acids is 1. The Morgan fingerprint density at radius 2 is 1.85 bits per heavy atom. The highest BCUT2D eigenvalue weighted by atomic mass is 19.4. The van der Waals surface area contributed by atoms with Crippen LogP contribution in [0.15, 0.2) is 42.0 Å². The van der Waals surface area contributed by atoms with E-state index < -0.39 is 48.0 Å². The SMILES string of the molecule is CC(C)OC(=O)CCC/C=C1/C[C@H]2C[C@@H](O)[C@H](/C=C/[C@@H](O)COc3cccc(C(F)(F)F)c3C(F)(F)F)[C@H]2C1. The summed E-state index contributed by atoms with van der Waals surface area (Å²) in [5.41, 5.74) is -2.57. The molecule has 5 atom stereocenters. The molecule has 0 saturated heterocycles. The van der Waals surface area contributed by atoms with Gasteiger partial charge in [0.2, 0.25) is 0 Å². The van der Waals surface area contributed by atoms with Gasteiger partial charge >= 0.3 is 18.3 Å². The number of allylic oxidation sites excluding steroid dienone is 2. The van der Waals surface area contributed by atoms with Crippen LogP contribution in [-0.2, 0) is 21.9 Å². The van der Waals surface area contributed by atoms with Crippen molar-refractivity contribution in [1.82, 2.24) is 0 Å². The average molecular weight is 565 g/mol. The van der Waals surface area contributed by atoms with E-state index in [0.29, 0.717) is 25.3 Å². The van der Waals surface area contributed by atoms with Gasteiger partial charge in [0, 0.05) is 12.3 Å². The monoisotopic (exact) mass is 564 g/mol. The predicted octanol–water partition coefficient (Wildman–Crippen LogP) is 6.48. The second kappa shape index (κ2) is 12.8. The summed E-state index contributed by atoms with van der Waals surface area (Å²) in [6.45, 7) is 2.90. The number of esters is 1. The summed E-state index contributed by atoms with van der Waals surface area (Å²) in [4.78, 5) is 11.7. The second-order valence-electron chi connectivity index (χ2n) is 10.4. The summed E-state index contributed by atoms with van der Waals surface area (Å²) >= 11 is 0. The van der Waals surface area contributed by atoms with Crippen LogP contribution < -0.4 is 4.74 Å². The van der Waals surface area contributed by atoms with Gasteiger partial charge in [-0.1, -0.05) is 29.9 Å². The molecule has 0 spiro atoms. The number of halogens is 6. The van der Waals surface area contributed by atoms with Gasteiger partial charge < -0.3 is 19.7 Å². The first-order valence-electron chi connectivity index (χ1n) is 13.0. The highest BCUT2D eigenvalue weighted by molar-refractivity contribution is 5.69. The topological polar surface area (TPSA) is 76.0 Å². The van der Waals surface area contributed by atoms with Crippen LogP contribution in [0.4, 0.5) is 26.3 Å². The van der Waals surface area contributed by atoms with Gasteiger partial charge in [0.25, 0.3) is 0 Å². The van der Waals surface area contributed by atoms with Crippen molar-refractivity contribution in [3.05, 3.63) is 53.1 Å². The van der Waals surface area contributed by atoms with Crippen LogP contribution >= 0.6 is 0 Å². The van der Waals surface area contributed by atoms with Gasteiger partial charge in [0.05, 0.1) is 17.8 Å². The molecule has 2 aliphatic rings. The van der Waals surface area contributed by atoms with Gasteiger partial charge in [-0.3, -0.25) is 4.79 Å². The number of ether oxygens (including phenoxy) is 2. The third-order valence-corrected chi connectivity index (χ3v) is 7.08. The zero-order chi connectivity index (χ0) is 29.0. The minimum Gasteiger partial charge on any atom is -0.490 e. The number of fused-ring (bicyclic) bond motifs is 1. The third-order valence-electron chi connectivity index (χ3n) is 7.08. The van der Waals surface area contributed by atoms with E-state index in [4.69, 9.17) is 9.47 Å². The van der Waals surface area contributed by atoms with Crippen LogP contribution in [0.5, 0.6) is 5.75 Å². The number of carbonyl (C=O) groups is 1. The van der Waals surface area contributed by atoms with E-state index in [1.54, 1.807) is 19.9 Å². The number of aliphatic hydroxyl groups is 2. The first-order valence-corrected chi connectivity index (χ1v) is 13.0. The summed E-state index contributed by atoms with van der Waals surface area (Å²) in [5, 5.41) is 20.8. The largest absolute Gasteiger partial charge is 0.490 e. The fourth-order valence-electron chi connectivity index (χ4n) is 5.48. The van der Waals surface area contributed by atoms with Crippen LogP contribution in [-0.4, -0.2) is 41.1 Å².